The first-order chi connectivity index (χ1) is 15.6. The number of nitrogens with zero attached hydrogens (tertiary/aromatic N) is 4. The molecule has 0 bridgehead atoms. The van der Waals surface area contributed by atoms with Gasteiger partial charge < -0.3 is 9.32 Å². The summed E-state index contributed by atoms with van der Waals surface area (Å²) in [5.41, 5.74) is 2.24. The minimum Gasteiger partial charge on any atom is -0.461 e. The zero-order valence-electron chi connectivity index (χ0n) is 18.2. The molecule has 0 N–H and O–H groups in total. The molecule has 4 aromatic rings. The molecule has 0 aliphatic carbocycles. The van der Waals surface area contributed by atoms with Crippen LogP contribution in [0, 0.1) is 0 Å². The quantitative estimate of drug-likeness (QED) is 0.334. The molecular formula is C25H26N4O2S. The molecule has 164 valence electrons. The van der Waals surface area contributed by atoms with Crippen molar-refractivity contribution in [3.8, 4) is 11.6 Å². The molecule has 2 heterocycles. The van der Waals surface area contributed by atoms with Gasteiger partial charge in [0.2, 0.25) is 11.7 Å². The van der Waals surface area contributed by atoms with Gasteiger partial charge in [0, 0.05) is 12.6 Å². The first kappa shape index (κ1) is 21.9. The molecule has 0 saturated heterocycles. The Morgan fingerprint density at radius 1 is 0.969 bits per heavy atom. The predicted molar refractivity (Wildman–Crippen MR) is 126 cm³/mol. The second-order valence-electron chi connectivity index (χ2n) is 7.74. The van der Waals surface area contributed by atoms with E-state index in [-0.39, 0.29) is 17.7 Å². The number of thioether (sulfide) groups is 1. The Kier molecular flexibility index (Phi) is 7.07. The van der Waals surface area contributed by atoms with Gasteiger partial charge in [-0.05, 0) is 37.1 Å². The van der Waals surface area contributed by atoms with Crippen LogP contribution in [0.25, 0.3) is 11.6 Å². The van der Waals surface area contributed by atoms with Crippen molar-refractivity contribution < 1.29 is 9.21 Å². The summed E-state index contributed by atoms with van der Waals surface area (Å²) in [5, 5.41) is 9.42. The van der Waals surface area contributed by atoms with E-state index in [1.54, 1.807) is 6.26 Å². The Morgan fingerprint density at radius 2 is 1.66 bits per heavy atom. The maximum absolute atomic E-state index is 13.1. The fourth-order valence-electron chi connectivity index (χ4n) is 3.44. The Hall–Kier alpha value is -3.32. The monoisotopic (exact) mass is 446 g/mol. The first-order valence-electron chi connectivity index (χ1n) is 10.6. The summed E-state index contributed by atoms with van der Waals surface area (Å²) in [7, 11) is 0. The van der Waals surface area contributed by atoms with Crippen LogP contribution in [-0.2, 0) is 17.9 Å². The number of carbonyl (C=O) groups excluding carboxylic acids is 1. The Balaban J connectivity index is 1.52. The molecule has 0 spiro atoms. The lowest BCUT2D eigenvalue weighted by Crippen LogP contribution is -2.37. The van der Waals surface area contributed by atoms with Crippen LogP contribution in [0.15, 0.2) is 88.6 Å². The van der Waals surface area contributed by atoms with E-state index in [4.69, 9.17) is 4.42 Å². The van der Waals surface area contributed by atoms with E-state index >= 15 is 0 Å². The molecule has 7 heteroatoms. The third kappa shape index (κ3) is 5.29. The van der Waals surface area contributed by atoms with E-state index in [1.807, 2.05) is 84.0 Å². The topological polar surface area (TPSA) is 64.2 Å². The van der Waals surface area contributed by atoms with Crippen LogP contribution in [0.5, 0.6) is 0 Å². The highest BCUT2D eigenvalue weighted by Gasteiger charge is 2.21. The number of hydrogen-bond donors (Lipinski definition) is 0. The molecule has 1 amide bonds. The van der Waals surface area contributed by atoms with Gasteiger partial charge in [0.15, 0.2) is 10.9 Å². The number of hydrogen-bond acceptors (Lipinski definition) is 5. The van der Waals surface area contributed by atoms with Crippen LogP contribution in [0.2, 0.25) is 0 Å². The largest absolute Gasteiger partial charge is 0.461 e. The van der Waals surface area contributed by atoms with Gasteiger partial charge >= 0.3 is 0 Å². The van der Waals surface area contributed by atoms with Gasteiger partial charge in [-0.1, -0.05) is 72.4 Å². The van der Waals surface area contributed by atoms with E-state index in [9.17, 15) is 4.79 Å². The van der Waals surface area contributed by atoms with Crippen molar-refractivity contribution >= 4 is 17.7 Å². The van der Waals surface area contributed by atoms with Crippen LogP contribution < -0.4 is 0 Å². The van der Waals surface area contributed by atoms with Gasteiger partial charge in [0.25, 0.3) is 0 Å². The minimum atomic E-state index is 0.0719. The maximum atomic E-state index is 13.1. The highest BCUT2D eigenvalue weighted by molar-refractivity contribution is 7.99. The number of aromatic nitrogens is 3. The lowest BCUT2D eigenvalue weighted by molar-refractivity contribution is -0.130. The van der Waals surface area contributed by atoms with Crippen LogP contribution >= 0.6 is 11.8 Å². The highest BCUT2D eigenvalue weighted by atomic mass is 32.2. The van der Waals surface area contributed by atoms with Gasteiger partial charge in [-0.2, -0.15) is 0 Å². The summed E-state index contributed by atoms with van der Waals surface area (Å²) in [6.07, 6.45) is 1.62. The van der Waals surface area contributed by atoms with Crippen LogP contribution in [0.4, 0.5) is 0 Å². The number of carbonyl (C=O) groups is 1. The van der Waals surface area contributed by atoms with Crippen LogP contribution in [-0.4, -0.2) is 37.4 Å². The lowest BCUT2D eigenvalue weighted by Gasteiger charge is -2.26. The Labute approximate surface area is 192 Å². The summed E-state index contributed by atoms with van der Waals surface area (Å²) in [6, 6.07) is 24.0. The summed E-state index contributed by atoms with van der Waals surface area (Å²) >= 11 is 1.41. The number of amides is 1. The van der Waals surface area contributed by atoms with Gasteiger partial charge in [0.1, 0.15) is 0 Å². The predicted octanol–water partition coefficient (Wildman–Crippen LogP) is 5.12. The van der Waals surface area contributed by atoms with E-state index in [1.165, 1.54) is 11.8 Å². The molecule has 0 unspecified atom stereocenters. The SMILES string of the molecule is CC(C)N(Cc1ccccc1)C(=O)CSc1nnc(-c2ccco2)n1Cc1ccccc1. The van der Waals surface area contributed by atoms with Gasteiger partial charge in [-0.25, -0.2) is 0 Å². The lowest BCUT2D eigenvalue weighted by atomic mass is 10.2. The molecule has 2 aromatic heterocycles. The highest BCUT2D eigenvalue weighted by Crippen LogP contribution is 2.26. The maximum Gasteiger partial charge on any atom is 0.233 e. The van der Waals surface area contributed by atoms with E-state index in [2.05, 4.69) is 22.3 Å². The second kappa shape index (κ2) is 10.3. The van der Waals surface area contributed by atoms with Gasteiger partial charge in [-0.3, -0.25) is 9.36 Å². The first-order valence-corrected chi connectivity index (χ1v) is 11.6. The third-order valence-electron chi connectivity index (χ3n) is 5.11. The molecule has 4 rings (SSSR count). The Bertz CT molecular complexity index is 1130. The van der Waals surface area contributed by atoms with Crippen molar-refractivity contribution in [2.75, 3.05) is 5.75 Å². The molecule has 0 saturated carbocycles. The van der Waals surface area contributed by atoms with Crippen molar-refractivity contribution in [1.82, 2.24) is 19.7 Å². The van der Waals surface area contributed by atoms with Crippen molar-refractivity contribution in [2.24, 2.45) is 0 Å². The average Bonchev–Trinajstić information content (AvgIpc) is 3.47. The molecular weight excluding hydrogens is 420 g/mol. The molecule has 0 aliphatic rings. The van der Waals surface area contributed by atoms with Crippen molar-refractivity contribution in [3.63, 3.8) is 0 Å². The number of benzene rings is 2. The van der Waals surface area contributed by atoms with E-state index < -0.39 is 0 Å². The molecule has 0 fully saturated rings. The fourth-order valence-corrected chi connectivity index (χ4v) is 4.26. The summed E-state index contributed by atoms with van der Waals surface area (Å²) in [5.74, 6) is 1.66. The normalized spacial score (nSPS) is 11.1. The summed E-state index contributed by atoms with van der Waals surface area (Å²) < 4.78 is 7.57. The molecule has 6 nitrogen and oxygen atoms in total. The molecule has 0 radical (unpaired) electrons. The molecule has 32 heavy (non-hydrogen) atoms. The zero-order valence-corrected chi connectivity index (χ0v) is 19.0. The smallest absolute Gasteiger partial charge is 0.233 e. The van der Waals surface area contributed by atoms with Crippen LogP contribution in [0.3, 0.4) is 0 Å². The summed E-state index contributed by atoms with van der Waals surface area (Å²) in [6.45, 7) is 5.27. The van der Waals surface area contributed by atoms with E-state index in [0.29, 0.717) is 29.8 Å². The molecule has 0 atom stereocenters. The number of furan rings is 1. The minimum absolute atomic E-state index is 0.0719. The third-order valence-corrected chi connectivity index (χ3v) is 6.06. The fraction of sp³-hybridized carbons (Fsp3) is 0.240. The van der Waals surface area contributed by atoms with Crippen molar-refractivity contribution in [3.05, 3.63) is 90.2 Å². The molecule has 2 aromatic carbocycles. The average molecular weight is 447 g/mol. The Morgan fingerprint density at radius 3 is 2.28 bits per heavy atom. The van der Waals surface area contributed by atoms with Gasteiger partial charge in [-0.15, -0.1) is 10.2 Å². The summed E-state index contributed by atoms with van der Waals surface area (Å²) in [4.78, 5) is 15.0. The second-order valence-corrected chi connectivity index (χ2v) is 8.69. The van der Waals surface area contributed by atoms with Crippen LogP contribution in [0.1, 0.15) is 25.0 Å². The van der Waals surface area contributed by atoms with Crippen molar-refractivity contribution in [2.45, 2.75) is 38.1 Å². The van der Waals surface area contributed by atoms with E-state index in [0.717, 1.165) is 11.1 Å². The molecule has 0 aliphatic heterocycles. The zero-order chi connectivity index (χ0) is 22.3. The standard InChI is InChI=1S/C25H26N4O2S/c1-19(2)28(16-20-10-5-3-6-11-20)23(30)18-32-25-27-26-24(22-14-9-15-31-22)29(25)17-21-12-7-4-8-13-21/h3-15,19H,16-18H2,1-2H3. The van der Waals surface area contributed by atoms with Crippen molar-refractivity contribution in [1.29, 1.82) is 0 Å². The van der Waals surface area contributed by atoms with Gasteiger partial charge in [0.05, 0.1) is 18.6 Å². The number of rotatable bonds is 9.